The summed E-state index contributed by atoms with van der Waals surface area (Å²) in [7, 11) is 0. The average molecular weight is 477 g/mol. The van der Waals surface area contributed by atoms with Gasteiger partial charge >= 0.3 is 6.18 Å². The number of hydrogen-bond acceptors (Lipinski definition) is 7. The fourth-order valence-electron chi connectivity index (χ4n) is 3.67. The van der Waals surface area contributed by atoms with Gasteiger partial charge in [-0.2, -0.15) is 13.2 Å². The van der Waals surface area contributed by atoms with Gasteiger partial charge in [-0.3, -0.25) is 14.9 Å². The van der Waals surface area contributed by atoms with Crippen molar-refractivity contribution in [2.24, 2.45) is 5.92 Å². The third-order valence-corrected chi connectivity index (χ3v) is 6.27. The molecule has 0 unspecified atom stereocenters. The van der Waals surface area contributed by atoms with Crippen LogP contribution < -0.4 is 10.2 Å². The molecule has 1 aliphatic rings. The summed E-state index contributed by atoms with van der Waals surface area (Å²) in [6.07, 6.45) is -3.87. The van der Waals surface area contributed by atoms with Gasteiger partial charge in [0.2, 0.25) is 11.0 Å². The molecule has 8 nitrogen and oxygen atoms in total. The maximum atomic E-state index is 12.9. The molecule has 1 fully saturated rings. The van der Waals surface area contributed by atoms with Gasteiger partial charge in [0.05, 0.1) is 10.5 Å². The third-order valence-electron chi connectivity index (χ3n) is 5.38. The molecule has 12 heteroatoms. The molecule has 0 atom stereocenters. The van der Waals surface area contributed by atoms with Gasteiger partial charge < -0.3 is 10.2 Å². The van der Waals surface area contributed by atoms with Crippen LogP contribution >= 0.6 is 11.3 Å². The number of carbonyl (C=O) groups is 1. The number of nitrogens with zero attached hydrogens (tertiary/aromatic N) is 4. The fourth-order valence-corrected chi connectivity index (χ4v) is 4.43. The molecule has 1 aliphatic heterocycles. The molecule has 0 spiro atoms. The lowest BCUT2D eigenvalue weighted by atomic mass is 9.95. The summed E-state index contributed by atoms with van der Waals surface area (Å²) in [6, 6.07) is 11.9. The summed E-state index contributed by atoms with van der Waals surface area (Å²) >= 11 is 1.25. The van der Waals surface area contributed by atoms with E-state index in [4.69, 9.17) is 0 Å². The molecular formula is C21H18F3N5O3S. The molecule has 33 heavy (non-hydrogen) atoms. The van der Waals surface area contributed by atoms with Crippen LogP contribution in [-0.2, 0) is 11.0 Å². The Labute approximate surface area is 190 Å². The monoisotopic (exact) mass is 477 g/mol. The minimum Gasteiger partial charge on any atom is -0.366 e. The molecule has 0 radical (unpaired) electrons. The van der Waals surface area contributed by atoms with E-state index in [1.165, 1.54) is 11.3 Å². The summed E-state index contributed by atoms with van der Waals surface area (Å²) < 4.78 is 38.8. The zero-order valence-electron chi connectivity index (χ0n) is 17.1. The quantitative estimate of drug-likeness (QED) is 0.411. The standard InChI is InChI=1S/C21H18F3N5O3S/c22-21(23,24)15-6-7-16(17(12-15)29(31)32)28-10-8-13(9-11-28)18(30)25-20-27-26-19(33-20)14-4-2-1-3-5-14/h1-7,12-13H,8-11H2,(H,25,27,30). The molecular weight excluding hydrogens is 459 g/mol. The zero-order chi connectivity index (χ0) is 23.6. The number of nitro benzene ring substituents is 1. The van der Waals surface area contributed by atoms with Crippen molar-refractivity contribution in [2.45, 2.75) is 19.0 Å². The molecule has 172 valence electrons. The third kappa shape index (κ3) is 5.11. The molecule has 1 amide bonds. The second-order valence-electron chi connectivity index (χ2n) is 7.49. The van der Waals surface area contributed by atoms with Crippen molar-refractivity contribution in [3.63, 3.8) is 0 Å². The Hall–Kier alpha value is -3.54. The van der Waals surface area contributed by atoms with Crippen LogP contribution in [0.5, 0.6) is 0 Å². The van der Waals surface area contributed by atoms with Crippen molar-refractivity contribution < 1.29 is 22.9 Å². The van der Waals surface area contributed by atoms with Gasteiger partial charge in [0, 0.05) is 30.6 Å². The minimum absolute atomic E-state index is 0.114. The Kier molecular flexibility index (Phi) is 6.27. The molecule has 4 rings (SSSR count). The first-order valence-corrected chi connectivity index (χ1v) is 10.8. The van der Waals surface area contributed by atoms with Crippen LogP contribution in [0, 0.1) is 16.0 Å². The van der Waals surface area contributed by atoms with Crippen molar-refractivity contribution in [3.8, 4) is 10.6 Å². The first-order chi connectivity index (χ1) is 15.7. The van der Waals surface area contributed by atoms with E-state index in [2.05, 4.69) is 15.5 Å². The van der Waals surface area contributed by atoms with E-state index in [0.29, 0.717) is 42.1 Å². The van der Waals surface area contributed by atoms with Crippen molar-refractivity contribution >= 4 is 33.8 Å². The van der Waals surface area contributed by atoms with E-state index in [9.17, 15) is 28.1 Å². The number of nitro groups is 1. The molecule has 0 bridgehead atoms. The molecule has 1 aromatic heterocycles. The number of piperidine rings is 1. The molecule has 2 aromatic carbocycles. The van der Waals surface area contributed by atoms with Gasteiger partial charge in [-0.05, 0) is 25.0 Å². The van der Waals surface area contributed by atoms with Crippen molar-refractivity contribution in [3.05, 3.63) is 64.2 Å². The summed E-state index contributed by atoms with van der Waals surface area (Å²) in [5, 5.41) is 23.3. The van der Waals surface area contributed by atoms with Crippen molar-refractivity contribution in [1.29, 1.82) is 0 Å². The minimum atomic E-state index is -4.67. The average Bonchev–Trinajstić information content (AvgIpc) is 3.27. The first kappa shape index (κ1) is 22.6. The predicted molar refractivity (Wildman–Crippen MR) is 117 cm³/mol. The smallest absolute Gasteiger partial charge is 0.366 e. The highest BCUT2D eigenvalue weighted by Crippen LogP contribution is 2.38. The highest BCUT2D eigenvalue weighted by Gasteiger charge is 2.35. The van der Waals surface area contributed by atoms with Gasteiger partial charge in [-0.1, -0.05) is 41.7 Å². The Bertz CT molecular complexity index is 1160. The zero-order valence-corrected chi connectivity index (χ0v) is 17.9. The molecule has 0 saturated carbocycles. The molecule has 1 saturated heterocycles. The number of carbonyl (C=O) groups excluding carboxylic acids is 1. The predicted octanol–water partition coefficient (Wildman–Crippen LogP) is 4.99. The molecule has 0 aliphatic carbocycles. The maximum Gasteiger partial charge on any atom is 0.416 e. The number of amides is 1. The van der Waals surface area contributed by atoms with Gasteiger partial charge in [0.25, 0.3) is 5.69 Å². The Morgan fingerprint density at radius 1 is 1.12 bits per heavy atom. The van der Waals surface area contributed by atoms with Gasteiger partial charge in [0.15, 0.2) is 0 Å². The second-order valence-corrected chi connectivity index (χ2v) is 8.46. The highest BCUT2D eigenvalue weighted by molar-refractivity contribution is 7.18. The lowest BCUT2D eigenvalue weighted by Gasteiger charge is -2.32. The Balaban J connectivity index is 1.39. The van der Waals surface area contributed by atoms with Crippen molar-refractivity contribution in [1.82, 2.24) is 10.2 Å². The lowest BCUT2D eigenvalue weighted by molar-refractivity contribution is -0.384. The topological polar surface area (TPSA) is 101 Å². The number of hydrogen-bond donors (Lipinski definition) is 1. The SMILES string of the molecule is O=C(Nc1nnc(-c2ccccc2)s1)C1CCN(c2ccc(C(F)(F)F)cc2[N+](=O)[O-])CC1. The van der Waals surface area contributed by atoms with Gasteiger partial charge in [-0.15, -0.1) is 10.2 Å². The normalized spacial score (nSPS) is 14.8. The van der Waals surface area contributed by atoms with Gasteiger partial charge in [0.1, 0.15) is 10.7 Å². The Morgan fingerprint density at radius 2 is 1.82 bits per heavy atom. The number of alkyl halides is 3. The van der Waals surface area contributed by atoms with Crippen LogP contribution in [0.3, 0.4) is 0 Å². The van der Waals surface area contributed by atoms with Crippen LogP contribution in [0.15, 0.2) is 48.5 Å². The van der Waals surface area contributed by atoms with E-state index < -0.39 is 22.4 Å². The second kappa shape index (κ2) is 9.14. The fraction of sp³-hybridized carbons (Fsp3) is 0.286. The number of anilines is 2. The van der Waals surface area contributed by atoms with E-state index in [-0.39, 0.29) is 17.5 Å². The van der Waals surface area contributed by atoms with Crippen LogP contribution in [0.1, 0.15) is 18.4 Å². The first-order valence-electron chi connectivity index (χ1n) is 10.0. The molecule has 1 N–H and O–H groups in total. The number of rotatable bonds is 5. The Morgan fingerprint density at radius 3 is 2.45 bits per heavy atom. The summed E-state index contributed by atoms with van der Waals surface area (Å²) in [6.45, 7) is 0.603. The lowest BCUT2D eigenvalue weighted by Crippen LogP contribution is -2.38. The van der Waals surface area contributed by atoms with E-state index in [1.54, 1.807) is 4.90 Å². The van der Waals surface area contributed by atoms with Crippen LogP contribution in [0.4, 0.5) is 29.7 Å². The molecule has 2 heterocycles. The number of halogens is 3. The highest BCUT2D eigenvalue weighted by atomic mass is 32.1. The van der Waals surface area contributed by atoms with Gasteiger partial charge in [-0.25, -0.2) is 0 Å². The largest absolute Gasteiger partial charge is 0.416 e. The summed E-state index contributed by atoms with van der Waals surface area (Å²) in [4.78, 5) is 24.8. The summed E-state index contributed by atoms with van der Waals surface area (Å²) in [5.41, 5.74) is -0.667. The van der Waals surface area contributed by atoms with E-state index >= 15 is 0 Å². The van der Waals surface area contributed by atoms with E-state index in [0.717, 1.165) is 17.7 Å². The van der Waals surface area contributed by atoms with Crippen LogP contribution in [0.2, 0.25) is 0 Å². The van der Waals surface area contributed by atoms with Crippen molar-refractivity contribution in [2.75, 3.05) is 23.3 Å². The van der Waals surface area contributed by atoms with E-state index in [1.807, 2.05) is 30.3 Å². The molecule has 3 aromatic rings. The van der Waals surface area contributed by atoms with Crippen LogP contribution in [-0.4, -0.2) is 34.1 Å². The summed E-state index contributed by atoms with van der Waals surface area (Å²) in [5.74, 6) is -0.578. The number of aromatic nitrogens is 2. The number of benzene rings is 2. The number of nitrogens with one attached hydrogen (secondary N) is 1. The maximum absolute atomic E-state index is 12.9. The van der Waals surface area contributed by atoms with Crippen LogP contribution in [0.25, 0.3) is 10.6 Å².